The summed E-state index contributed by atoms with van der Waals surface area (Å²) >= 11 is 6.42. The van der Waals surface area contributed by atoms with Crippen molar-refractivity contribution in [2.24, 2.45) is 0 Å². The number of methoxy groups -OCH3 is 1. The minimum absolute atomic E-state index is 0.110. The third kappa shape index (κ3) is 5.41. The average Bonchev–Trinajstić information content (AvgIpc) is 3.29. The first-order valence-corrected chi connectivity index (χ1v) is 14.8. The summed E-state index contributed by atoms with van der Waals surface area (Å²) in [7, 11) is -2.43. The lowest BCUT2D eigenvalue weighted by Crippen LogP contribution is -2.16. The number of esters is 1. The molecule has 0 unspecified atom stereocenters. The Morgan fingerprint density at radius 3 is 2.05 bits per heavy atom. The average molecular weight is 574 g/mol. The third-order valence-corrected chi connectivity index (χ3v) is 9.04. The van der Waals surface area contributed by atoms with E-state index in [0.29, 0.717) is 10.7 Å². The summed E-state index contributed by atoms with van der Waals surface area (Å²) in [6, 6.07) is 31.0. The van der Waals surface area contributed by atoms with Crippen molar-refractivity contribution in [3.05, 3.63) is 136 Å². The minimum atomic E-state index is -3.70. The molecule has 4 aromatic carbocycles. The van der Waals surface area contributed by atoms with Gasteiger partial charge in [0.15, 0.2) is 9.84 Å². The van der Waals surface area contributed by atoms with Gasteiger partial charge in [0.25, 0.3) is 0 Å². The highest BCUT2D eigenvalue weighted by Crippen LogP contribution is 2.37. The Hall–Kier alpha value is -3.91. The maximum Gasteiger partial charge on any atom is 0.337 e. The van der Waals surface area contributed by atoms with E-state index >= 15 is 0 Å². The number of halogens is 1. The van der Waals surface area contributed by atoms with Crippen molar-refractivity contribution >= 4 is 38.3 Å². The second-order valence-electron chi connectivity index (χ2n) is 9.42. The highest BCUT2D eigenvalue weighted by molar-refractivity contribution is 7.91. The van der Waals surface area contributed by atoms with Gasteiger partial charge >= 0.3 is 5.97 Å². The predicted octanol–water partition coefficient (Wildman–Crippen LogP) is 6.23. The van der Waals surface area contributed by atoms with Crippen molar-refractivity contribution < 1.29 is 23.1 Å². The van der Waals surface area contributed by atoms with Gasteiger partial charge in [0.2, 0.25) is 0 Å². The fourth-order valence-corrected chi connectivity index (χ4v) is 6.61. The molecule has 0 atom stereocenters. The van der Waals surface area contributed by atoms with E-state index < -0.39 is 15.8 Å². The van der Waals surface area contributed by atoms with Crippen LogP contribution in [0.1, 0.15) is 38.8 Å². The molecule has 0 spiro atoms. The van der Waals surface area contributed by atoms with E-state index in [0.717, 1.165) is 27.6 Å². The van der Waals surface area contributed by atoms with Crippen LogP contribution in [0.4, 0.5) is 0 Å². The second-order valence-corrected chi connectivity index (χ2v) is 12.0. The van der Waals surface area contributed by atoms with Gasteiger partial charge < -0.3 is 14.4 Å². The number of hydrogen-bond donors (Lipinski definition) is 1. The summed E-state index contributed by atoms with van der Waals surface area (Å²) in [6.07, 6.45) is 0.164. The molecule has 0 radical (unpaired) electrons. The van der Waals surface area contributed by atoms with Gasteiger partial charge in [-0.15, -0.1) is 0 Å². The molecule has 0 aliphatic heterocycles. The van der Waals surface area contributed by atoms with Crippen LogP contribution in [0.15, 0.2) is 108 Å². The smallest absolute Gasteiger partial charge is 0.337 e. The van der Waals surface area contributed by atoms with Crippen LogP contribution in [-0.4, -0.2) is 36.9 Å². The first kappa shape index (κ1) is 27.6. The highest BCUT2D eigenvalue weighted by atomic mass is 35.5. The van der Waals surface area contributed by atoms with E-state index in [-0.39, 0.29) is 35.3 Å². The number of hydrogen-bond acceptors (Lipinski definition) is 5. The van der Waals surface area contributed by atoms with Crippen LogP contribution in [0, 0.1) is 0 Å². The maximum atomic E-state index is 13.3. The van der Waals surface area contributed by atoms with Crippen LogP contribution in [0.3, 0.4) is 0 Å². The normalized spacial score (nSPS) is 11.7. The van der Waals surface area contributed by atoms with Gasteiger partial charge in [0, 0.05) is 21.6 Å². The van der Waals surface area contributed by atoms with Crippen LogP contribution in [-0.2, 0) is 27.6 Å². The number of carbonyl (C=O) groups is 1. The first-order chi connectivity index (χ1) is 19.3. The third-order valence-electron chi connectivity index (χ3n) is 7.08. The summed E-state index contributed by atoms with van der Waals surface area (Å²) in [4.78, 5) is 11.9. The molecular formula is C32H28ClNO5S. The fourth-order valence-electron chi connectivity index (χ4n) is 5.18. The van der Waals surface area contributed by atoms with Gasteiger partial charge in [-0.25, -0.2) is 13.2 Å². The van der Waals surface area contributed by atoms with Crippen LogP contribution in [0.5, 0.6) is 0 Å². The zero-order valence-electron chi connectivity index (χ0n) is 21.8. The molecule has 0 saturated heterocycles. The van der Waals surface area contributed by atoms with Crippen LogP contribution in [0.25, 0.3) is 10.9 Å². The van der Waals surface area contributed by atoms with Gasteiger partial charge in [-0.05, 0) is 65.6 Å². The lowest BCUT2D eigenvalue weighted by molar-refractivity contribution is 0.0600. The number of aliphatic hydroxyl groups is 1. The Morgan fingerprint density at radius 2 is 1.50 bits per heavy atom. The van der Waals surface area contributed by atoms with E-state index in [2.05, 4.69) is 4.57 Å². The predicted molar refractivity (Wildman–Crippen MR) is 157 cm³/mol. The van der Waals surface area contributed by atoms with Crippen molar-refractivity contribution in [1.82, 2.24) is 4.57 Å². The Bertz CT molecular complexity index is 1710. The number of rotatable bonds is 9. The summed E-state index contributed by atoms with van der Waals surface area (Å²) in [5, 5.41) is 12.0. The van der Waals surface area contributed by atoms with Crippen molar-refractivity contribution in [3.63, 3.8) is 0 Å². The number of aromatic nitrogens is 1. The Labute approximate surface area is 238 Å². The number of fused-ring (bicyclic) bond motifs is 1. The van der Waals surface area contributed by atoms with E-state index in [1.165, 1.54) is 31.4 Å². The molecule has 1 aromatic heterocycles. The van der Waals surface area contributed by atoms with Gasteiger partial charge in [0.05, 0.1) is 36.0 Å². The number of benzene rings is 4. The zero-order chi connectivity index (χ0) is 28.3. The van der Waals surface area contributed by atoms with Crippen LogP contribution < -0.4 is 0 Å². The van der Waals surface area contributed by atoms with E-state index in [9.17, 15) is 18.3 Å². The van der Waals surface area contributed by atoms with E-state index in [4.69, 9.17) is 16.3 Å². The summed E-state index contributed by atoms with van der Waals surface area (Å²) in [5.74, 6) is -0.725. The number of aryl methyl sites for hydroxylation is 1. The molecule has 6 nitrogen and oxygen atoms in total. The molecular weight excluding hydrogens is 546 g/mol. The van der Waals surface area contributed by atoms with E-state index in [1.54, 1.807) is 6.07 Å². The van der Waals surface area contributed by atoms with Crippen molar-refractivity contribution in [2.45, 2.75) is 24.0 Å². The lowest BCUT2D eigenvalue weighted by Gasteiger charge is -2.24. The molecule has 0 amide bonds. The number of nitrogens with zero attached hydrogens (tertiary/aromatic N) is 1. The topological polar surface area (TPSA) is 85.6 Å². The summed E-state index contributed by atoms with van der Waals surface area (Å²) in [6.45, 7) is -0.286. The second kappa shape index (κ2) is 11.7. The lowest BCUT2D eigenvalue weighted by atomic mass is 9.98. The number of sulfone groups is 1. The Kier molecular flexibility index (Phi) is 8.07. The molecule has 204 valence electrons. The molecule has 1 heterocycles. The highest BCUT2D eigenvalue weighted by Gasteiger charge is 2.26. The first-order valence-electron chi connectivity index (χ1n) is 12.8. The van der Waals surface area contributed by atoms with Crippen molar-refractivity contribution in [2.75, 3.05) is 12.9 Å². The maximum absolute atomic E-state index is 13.3. The van der Waals surface area contributed by atoms with E-state index in [1.807, 2.05) is 72.8 Å². The molecule has 0 fully saturated rings. The molecule has 5 rings (SSSR count). The van der Waals surface area contributed by atoms with Crippen LogP contribution in [0.2, 0.25) is 5.02 Å². The molecule has 0 aliphatic carbocycles. The Balaban J connectivity index is 1.61. The number of ether oxygens (including phenoxy) is 1. The monoisotopic (exact) mass is 573 g/mol. The van der Waals surface area contributed by atoms with Crippen molar-refractivity contribution in [1.29, 1.82) is 0 Å². The molecule has 1 N–H and O–H groups in total. The molecule has 40 heavy (non-hydrogen) atoms. The largest absolute Gasteiger partial charge is 0.465 e. The van der Waals surface area contributed by atoms with Gasteiger partial charge in [-0.1, -0.05) is 72.3 Å². The molecule has 0 bridgehead atoms. The molecule has 5 aromatic rings. The summed E-state index contributed by atoms with van der Waals surface area (Å²) < 4.78 is 33.5. The Morgan fingerprint density at radius 1 is 0.900 bits per heavy atom. The standard InChI is InChI=1S/C32H28ClNO5S/c1-39-32(36)24-12-15-26(16-13-24)40(37,38)19-18-27-28-20-25(33)14-17-29(28)34(30(27)21-35)31(22-8-4-2-5-9-22)23-10-6-3-7-11-23/h2-17,20,31,35H,18-19,21H2,1H3. The van der Waals surface area contributed by atoms with Crippen LogP contribution >= 0.6 is 11.6 Å². The van der Waals surface area contributed by atoms with Gasteiger partial charge in [-0.3, -0.25) is 0 Å². The number of aliphatic hydroxyl groups excluding tert-OH is 1. The summed E-state index contributed by atoms with van der Waals surface area (Å²) in [5.41, 5.74) is 4.54. The van der Waals surface area contributed by atoms with Crippen molar-refractivity contribution in [3.8, 4) is 0 Å². The van der Waals surface area contributed by atoms with Gasteiger partial charge in [0.1, 0.15) is 0 Å². The number of carbonyl (C=O) groups excluding carboxylic acids is 1. The fraction of sp³-hybridized carbons (Fsp3) is 0.156. The van der Waals surface area contributed by atoms with Gasteiger partial charge in [-0.2, -0.15) is 0 Å². The zero-order valence-corrected chi connectivity index (χ0v) is 23.4. The molecule has 8 heteroatoms. The minimum Gasteiger partial charge on any atom is -0.465 e. The molecule has 0 saturated carbocycles. The quantitative estimate of drug-likeness (QED) is 0.211. The molecule has 0 aliphatic rings. The SMILES string of the molecule is COC(=O)c1ccc(S(=O)(=O)CCc2c(CO)n(C(c3ccccc3)c3ccccc3)c3ccc(Cl)cc23)cc1.